The Kier molecular flexibility index (Phi) is 2.70. The fourth-order valence-corrected chi connectivity index (χ4v) is 1.62. The van der Waals surface area contributed by atoms with Crippen molar-refractivity contribution in [2.75, 3.05) is 0 Å². The Balaban J connectivity index is 2.40. The second-order valence-electron chi connectivity index (χ2n) is 2.99. The van der Waals surface area contributed by atoms with E-state index in [1.165, 1.54) is 12.4 Å². The third-order valence-corrected chi connectivity index (χ3v) is 2.40. The fourth-order valence-electron chi connectivity index (χ4n) is 1.38. The summed E-state index contributed by atoms with van der Waals surface area (Å²) < 4.78 is 1.63. The van der Waals surface area contributed by atoms with Crippen LogP contribution in [0.25, 0.3) is 0 Å². The number of H-pyrrole nitrogens is 1. The monoisotopic (exact) mass is 227 g/mol. The SMILES string of the molecule is CCn1ncc(Cl)c1C(O)c1cn[nH]n1. The minimum atomic E-state index is -0.904. The highest BCUT2D eigenvalue weighted by Crippen LogP contribution is 2.26. The molecule has 0 saturated heterocycles. The second-order valence-corrected chi connectivity index (χ2v) is 3.40. The molecule has 2 aromatic heterocycles. The van der Waals surface area contributed by atoms with Crippen molar-refractivity contribution >= 4 is 11.6 Å². The van der Waals surface area contributed by atoms with Crippen LogP contribution in [-0.4, -0.2) is 30.3 Å². The van der Waals surface area contributed by atoms with E-state index in [0.29, 0.717) is 23.0 Å². The molecule has 0 aliphatic carbocycles. The molecule has 0 saturated carbocycles. The van der Waals surface area contributed by atoms with Crippen LogP contribution in [0.5, 0.6) is 0 Å². The molecule has 2 heterocycles. The highest BCUT2D eigenvalue weighted by molar-refractivity contribution is 6.31. The summed E-state index contributed by atoms with van der Waals surface area (Å²) in [7, 11) is 0. The largest absolute Gasteiger partial charge is 0.380 e. The number of hydrogen-bond acceptors (Lipinski definition) is 4. The Morgan fingerprint density at radius 1 is 1.60 bits per heavy atom. The summed E-state index contributed by atoms with van der Waals surface area (Å²) in [6.45, 7) is 2.55. The van der Waals surface area contributed by atoms with Crippen molar-refractivity contribution in [3.8, 4) is 0 Å². The number of halogens is 1. The number of aliphatic hydroxyl groups is 1. The van der Waals surface area contributed by atoms with Crippen LogP contribution < -0.4 is 0 Å². The predicted molar refractivity (Wildman–Crippen MR) is 53.4 cm³/mol. The molecule has 0 spiro atoms. The Hall–Kier alpha value is -1.40. The van der Waals surface area contributed by atoms with Gasteiger partial charge in [0.25, 0.3) is 0 Å². The van der Waals surface area contributed by atoms with Crippen LogP contribution in [-0.2, 0) is 6.54 Å². The van der Waals surface area contributed by atoms with Gasteiger partial charge >= 0.3 is 0 Å². The summed E-state index contributed by atoms with van der Waals surface area (Å²) in [5.74, 6) is 0. The average Bonchev–Trinajstić information content (AvgIpc) is 2.85. The first kappa shape index (κ1) is 10.1. The van der Waals surface area contributed by atoms with Crippen LogP contribution in [0.4, 0.5) is 0 Å². The van der Waals surface area contributed by atoms with E-state index in [4.69, 9.17) is 11.6 Å². The summed E-state index contributed by atoms with van der Waals surface area (Å²) >= 11 is 5.93. The van der Waals surface area contributed by atoms with Crippen molar-refractivity contribution in [3.05, 3.63) is 28.8 Å². The lowest BCUT2D eigenvalue weighted by Gasteiger charge is -2.09. The van der Waals surface area contributed by atoms with Gasteiger partial charge in [-0.15, -0.1) is 0 Å². The number of nitrogens with one attached hydrogen (secondary N) is 1. The topological polar surface area (TPSA) is 79.6 Å². The minimum Gasteiger partial charge on any atom is -0.380 e. The molecule has 0 amide bonds. The van der Waals surface area contributed by atoms with E-state index in [9.17, 15) is 5.11 Å². The summed E-state index contributed by atoms with van der Waals surface area (Å²) in [4.78, 5) is 0. The number of aromatic nitrogens is 5. The van der Waals surface area contributed by atoms with Crippen molar-refractivity contribution in [2.24, 2.45) is 0 Å². The Morgan fingerprint density at radius 3 is 3.00 bits per heavy atom. The van der Waals surface area contributed by atoms with Crippen LogP contribution in [0, 0.1) is 0 Å². The molecule has 0 aromatic carbocycles. The average molecular weight is 228 g/mol. The van der Waals surface area contributed by atoms with Crippen molar-refractivity contribution in [3.63, 3.8) is 0 Å². The van der Waals surface area contributed by atoms with Crippen LogP contribution in [0.2, 0.25) is 5.02 Å². The van der Waals surface area contributed by atoms with Gasteiger partial charge in [0.1, 0.15) is 11.8 Å². The smallest absolute Gasteiger partial charge is 0.142 e. The number of rotatable bonds is 3. The Labute approximate surface area is 90.9 Å². The van der Waals surface area contributed by atoms with Crippen molar-refractivity contribution < 1.29 is 5.11 Å². The maximum atomic E-state index is 9.99. The van der Waals surface area contributed by atoms with Gasteiger partial charge in [0.15, 0.2) is 0 Å². The molecule has 15 heavy (non-hydrogen) atoms. The third kappa shape index (κ3) is 1.73. The zero-order valence-electron chi connectivity index (χ0n) is 8.05. The highest BCUT2D eigenvalue weighted by atomic mass is 35.5. The lowest BCUT2D eigenvalue weighted by atomic mass is 10.2. The maximum Gasteiger partial charge on any atom is 0.142 e. The van der Waals surface area contributed by atoms with Crippen molar-refractivity contribution in [1.29, 1.82) is 0 Å². The van der Waals surface area contributed by atoms with E-state index in [0.717, 1.165) is 0 Å². The first-order chi connectivity index (χ1) is 7.24. The van der Waals surface area contributed by atoms with E-state index < -0.39 is 6.10 Å². The molecule has 2 rings (SSSR count). The molecule has 80 valence electrons. The molecule has 0 radical (unpaired) electrons. The van der Waals surface area contributed by atoms with Gasteiger partial charge < -0.3 is 5.11 Å². The number of nitrogens with zero attached hydrogens (tertiary/aromatic N) is 4. The molecule has 1 atom stereocenters. The molecule has 2 aromatic rings. The van der Waals surface area contributed by atoms with Crippen LogP contribution >= 0.6 is 11.6 Å². The molecule has 1 unspecified atom stereocenters. The van der Waals surface area contributed by atoms with Gasteiger partial charge in [0.05, 0.1) is 23.1 Å². The predicted octanol–water partition coefficient (Wildman–Crippen LogP) is 0.756. The molecule has 0 aliphatic heterocycles. The van der Waals surface area contributed by atoms with Gasteiger partial charge in [-0.2, -0.15) is 20.5 Å². The molecular formula is C8H10ClN5O. The number of aromatic amines is 1. The Bertz CT molecular complexity index is 438. The van der Waals surface area contributed by atoms with Gasteiger partial charge in [-0.05, 0) is 6.92 Å². The second kappa shape index (κ2) is 4.00. The minimum absolute atomic E-state index is 0.423. The maximum absolute atomic E-state index is 9.99. The van der Waals surface area contributed by atoms with Gasteiger partial charge in [0, 0.05) is 6.54 Å². The number of hydrogen-bond donors (Lipinski definition) is 2. The molecule has 6 nitrogen and oxygen atoms in total. The van der Waals surface area contributed by atoms with E-state index >= 15 is 0 Å². The lowest BCUT2D eigenvalue weighted by Crippen LogP contribution is -2.09. The van der Waals surface area contributed by atoms with Gasteiger partial charge in [-0.25, -0.2) is 0 Å². The molecule has 0 fully saturated rings. The summed E-state index contributed by atoms with van der Waals surface area (Å²) in [5.41, 5.74) is 0.958. The summed E-state index contributed by atoms with van der Waals surface area (Å²) in [5, 5.41) is 24.3. The Morgan fingerprint density at radius 2 is 2.40 bits per heavy atom. The third-order valence-electron chi connectivity index (χ3n) is 2.11. The first-order valence-corrected chi connectivity index (χ1v) is 4.86. The first-order valence-electron chi connectivity index (χ1n) is 4.49. The summed E-state index contributed by atoms with van der Waals surface area (Å²) in [6, 6.07) is 0. The van der Waals surface area contributed by atoms with Crippen LogP contribution in [0.15, 0.2) is 12.4 Å². The summed E-state index contributed by atoms with van der Waals surface area (Å²) in [6.07, 6.45) is 2.05. The van der Waals surface area contributed by atoms with Gasteiger partial charge in [-0.3, -0.25) is 4.68 Å². The number of aliphatic hydroxyl groups excluding tert-OH is 1. The standard InChI is InChI=1S/C8H10ClN5O/c1-2-14-7(5(9)3-11-14)8(15)6-4-10-13-12-6/h3-4,8,15H,2H2,1H3,(H,10,12,13). The molecule has 7 heteroatoms. The van der Waals surface area contributed by atoms with Gasteiger partial charge in [0.2, 0.25) is 0 Å². The molecular weight excluding hydrogens is 218 g/mol. The number of aryl methyl sites for hydroxylation is 1. The normalized spacial score (nSPS) is 13.0. The molecule has 2 N–H and O–H groups in total. The van der Waals surface area contributed by atoms with Crippen molar-refractivity contribution in [2.45, 2.75) is 19.6 Å². The fraction of sp³-hybridized carbons (Fsp3) is 0.375. The van der Waals surface area contributed by atoms with E-state index in [2.05, 4.69) is 20.5 Å². The highest BCUT2D eigenvalue weighted by Gasteiger charge is 2.21. The van der Waals surface area contributed by atoms with E-state index in [1.807, 2.05) is 6.92 Å². The quantitative estimate of drug-likeness (QED) is 0.811. The van der Waals surface area contributed by atoms with Gasteiger partial charge in [-0.1, -0.05) is 11.6 Å². The van der Waals surface area contributed by atoms with Crippen molar-refractivity contribution in [1.82, 2.24) is 25.2 Å². The van der Waals surface area contributed by atoms with E-state index in [1.54, 1.807) is 4.68 Å². The zero-order valence-corrected chi connectivity index (χ0v) is 8.81. The van der Waals surface area contributed by atoms with Crippen LogP contribution in [0.1, 0.15) is 24.4 Å². The van der Waals surface area contributed by atoms with E-state index in [-0.39, 0.29) is 0 Å². The van der Waals surface area contributed by atoms with Crippen LogP contribution in [0.3, 0.4) is 0 Å². The molecule has 0 aliphatic rings. The molecule has 0 bridgehead atoms. The lowest BCUT2D eigenvalue weighted by molar-refractivity contribution is 0.203. The zero-order chi connectivity index (χ0) is 10.8.